The Hall–Kier alpha value is -2.20. The number of nitro benzene ring substituents is 1. The van der Waals surface area contributed by atoms with Gasteiger partial charge in [-0.15, -0.1) is 0 Å². The number of hydrogen-bond donors (Lipinski definition) is 1. The van der Waals surface area contributed by atoms with E-state index in [4.69, 9.17) is 0 Å². The maximum atomic E-state index is 12.7. The molecule has 2 rings (SSSR count). The minimum atomic E-state index is -3.84. The minimum absolute atomic E-state index is 0.0104. The van der Waals surface area contributed by atoms with Gasteiger partial charge < -0.3 is 10.2 Å². The summed E-state index contributed by atoms with van der Waals surface area (Å²) in [4.78, 5) is 25.4. The van der Waals surface area contributed by atoms with Crippen molar-refractivity contribution in [2.75, 3.05) is 30.7 Å². The van der Waals surface area contributed by atoms with Gasteiger partial charge in [-0.2, -0.15) is 0 Å². The number of likely N-dealkylation sites (tertiary alicyclic amines) is 1. The summed E-state index contributed by atoms with van der Waals surface area (Å²) in [5, 5.41) is 14.0. The largest absolute Gasteiger partial charge is 0.351 e. The third kappa shape index (κ3) is 5.16. The fraction of sp³-hybridized carbons (Fsp3) is 0.588. The second-order valence-electron chi connectivity index (χ2n) is 7.05. The van der Waals surface area contributed by atoms with Gasteiger partial charge in [0.05, 0.1) is 16.9 Å². The molecule has 10 heteroatoms. The molecule has 27 heavy (non-hydrogen) atoms. The lowest BCUT2D eigenvalue weighted by molar-refractivity contribution is -0.384. The summed E-state index contributed by atoms with van der Waals surface area (Å²) in [6.07, 6.45) is 2.58. The number of amides is 1. The van der Waals surface area contributed by atoms with E-state index in [0.29, 0.717) is 5.56 Å². The number of anilines is 1. The van der Waals surface area contributed by atoms with Gasteiger partial charge in [-0.3, -0.25) is 19.2 Å². The van der Waals surface area contributed by atoms with Crippen LogP contribution in [0.2, 0.25) is 0 Å². The highest BCUT2D eigenvalue weighted by atomic mass is 32.2. The average Bonchev–Trinajstić information content (AvgIpc) is 2.57. The first-order chi connectivity index (χ1) is 12.5. The van der Waals surface area contributed by atoms with Crippen molar-refractivity contribution in [1.29, 1.82) is 0 Å². The SMILES string of the molecule is Cc1ccc([N+](=O)[O-])cc1N(C(C)C(=O)NC1CCN(C)CC1)S(C)(=O)=O. The Morgan fingerprint density at radius 2 is 1.96 bits per heavy atom. The molecular formula is C17H26N4O5S. The highest BCUT2D eigenvalue weighted by molar-refractivity contribution is 7.92. The Labute approximate surface area is 159 Å². The van der Waals surface area contributed by atoms with E-state index < -0.39 is 26.9 Å². The Bertz CT molecular complexity index is 819. The molecule has 0 radical (unpaired) electrons. The summed E-state index contributed by atoms with van der Waals surface area (Å²) in [6.45, 7) is 4.86. The van der Waals surface area contributed by atoms with E-state index in [2.05, 4.69) is 10.2 Å². The zero-order valence-corrected chi connectivity index (χ0v) is 16.8. The summed E-state index contributed by atoms with van der Waals surface area (Å²) in [5.41, 5.74) is 0.440. The molecule has 0 saturated carbocycles. The van der Waals surface area contributed by atoms with Crippen LogP contribution in [0.25, 0.3) is 0 Å². The number of carbonyl (C=O) groups excluding carboxylic acids is 1. The van der Waals surface area contributed by atoms with Crippen LogP contribution >= 0.6 is 0 Å². The third-order valence-electron chi connectivity index (χ3n) is 4.79. The van der Waals surface area contributed by atoms with Gasteiger partial charge in [-0.05, 0) is 52.4 Å². The van der Waals surface area contributed by atoms with Gasteiger partial charge in [-0.25, -0.2) is 8.42 Å². The van der Waals surface area contributed by atoms with E-state index in [0.717, 1.165) is 36.5 Å². The fourth-order valence-corrected chi connectivity index (χ4v) is 4.43. The Morgan fingerprint density at radius 3 is 2.48 bits per heavy atom. The number of nitro groups is 1. The Balaban J connectivity index is 2.30. The van der Waals surface area contributed by atoms with Crippen LogP contribution in [0.5, 0.6) is 0 Å². The summed E-state index contributed by atoms with van der Waals surface area (Å²) < 4.78 is 25.8. The monoisotopic (exact) mass is 398 g/mol. The van der Waals surface area contributed by atoms with Crippen LogP contribution in [0.3, 0.4) is 0 Å². The number of sulfonamides is 1. The lowest BCUT2D eigenvalue weighted by Gasteiger charge is -2.33. The molecule has 1 atom stereocenters. The molecule has 1 fully saturated rings. The average molecular weight is 398 g/mol. The molecule has 1 unspecified atom stereocenters. The van der Waals surface area contributed by atoms with Crippen molar-refractivity contribution in [2.45, 2.75) is 38.8 Å². The number of piperidine rings is 1. The molecule has 9 nitrogen and oxygen atoms in total. The molecule has 1 aromatic carbocycles. The van der Waals surface area contributed by atoms with Crippen molar-refractivity contribution in [3.8, 4) is 0 Å². The smallest absolute Gasteiger partial charge is 0.271 e. The van der Waals surface area contributed by atoms with Crippen molar-refractivity contribution in [1.82, 2.24) is 10.2 Å². The molecule has 150 valence electrons. The molecule has 1 aliphatic heterocycles. The molecular weight excluding hydrogens is 372 g/mol. The Morgan fingerprint density at radius 1 is 1.37 bits per heavy atom. The van der Waals surface area contributed by atoms with Gasteiger partial charge in [0, 0.05) is 18.2 Å². The van der Waals surface area contributed by atoms with Gasteiger partial charge in [0.2, 0.25) is 15.9 Å². The molecule has 1 aromatic rings. The molecule has 1 aliphatic rings. The number of benzene rings is 1. The van der Waals surface area contributed by atoms with Crippen LogP contribution in [0, 0.1) is 17.0 Å². The molecule has 1 amide bonds. The molecule has 1 heterocycles. The maximum absolute atomic E-state index is 12.7. The molecule has 0 bridgehead atoms. The highest BCUT2D eigenvalue weighted by Gasteiger charge is 2.32. The van der Waals surface area contributed by atoms with Gasteiger partial charge in [-0.1, -0.05) is 6.07 Å². The van der Waals surface area contributed by atoms with Gasteiger partial charge in [0.1, 0.15) is 6.04 Å². The first-order valence-electron chi connectivity index (χ1n) is 8.74. The molecule has 0 aliphatic carbocycles. The summed E-state index contributed by atoms with van der Waals surface area (Å²) in [7, 11) is -1.82. The predicted molar refractivity (Wildman–Crippen MR) is 103 cm³/mol. The van der Waals surface area contributed by atoms with Gasteiger partial charge in [0.25, 0.3) is 5.69 Å². The predicted octanol–water partition coefficient (Wildman–Crippen LogP) is 1.27. The van der Waals surface area contributed by atoms with E-state index in [-0.39, 0.29) is 17.4 Å². The summed E-state index contributed by atoms with van der Waals surface area (Å²) in [5.74, 6) is -0.416. The highest BCUT2D eigenvalue weighted by Crippen LogP contribution is 2.29. The zero-order chi connectivity index (χ0) is 20.4. The number of nitrogens with zero attached hydrogens (tertiary/aromatic N) is 3. The van der Waals surface area contributed by atoms with Crippen molar-refractivity contribution in [3.63, 3.8) is 0 Å². The second kappa shape index (κ2) is 8.22. The van der Waals surface area contributed by atoms with E-state index in [1.54, 1.807) is 6.92 Å². The maximum Gasteiger partial charge on any atom is 0.271 e. The number of carbonyl (C=O) groups is 1. The van der Waals surface area contributed by atoms with Crippen LogP contribution in [0.15, 0.2) is 18.2 Å². The van der Waals surface area contributed by atoms with E-state index in [1.165, 1.54) is 25.1 Å². The van der Waals surface area contributed by atoms with Crippen LogP contribution in [0.4, 0.5) is 11.4 Å². The van der Waals surface area contributed by atoms with Crippen LogP contribution in [-0.4, -0.2) is 62.6 Å². The van der Waals surface area contributed by atoms with Gasteiger partial charge >= 0.3 is 0 Å². The van der Waals surface area contributed by atoms with E-state index in [9.17, 15) is 23.3 Å². The number of aryl methyl sites for hydroxylation is 1. The summed E-state index contributed by atoms with van der Waals surface area (Å²) >= 11 is 0. The molecule has 1 saturated heterocycles. The normalized spacial score (nSPS) is 17.3. The standard InChI is InChI=1S/C17H26N4O5S/c1-12-5-6-15(21(23)24)11-16(12)20(27(4,25)26)13(2)17(22)18-14-7-9-19(3)10-8-14/h5-6,11,13-14H,7-10H2,1-4H3,(H,18,22). The van der Waals surface area contributed by atoms with Crippen LogP contribution in [0.1, 0.15) is 25.3 Å². The quantitative estimate of drug-likeness (QED) is 0.570. The number of non-ortho nitro benzene ring substituents is 1. The lowest BCUT2D eigenvalue weighted by Crippen LogP contribution is -2.52. The topological polar surface area (TPSA) is 113 Å². The van der Waals surface area contributed by atoms with E-state index >= 15 is 0 Å². The molecule has 1 N–H and O–H groups in total. The van der Waals surface area contributed by atoms with Crippen molar-refractivity contribution in [3.05, 3.63) is 33.9 Å². The van der Waals surface area contributed by atoms with Crippen LogP contribution < -0.4 is 9.62 Å². The fourth-order valence-electron chi connectivity index (χ4n) is 3.20. The number of rotatable bonds is 6. The second-order valence-corrected chi connectivity index (χ2v) is 8.91. The number of nitrogens with one attached hydrogen (secondary N) is 1. The third-order valence-corrected chi connectivity index (χ3v) is 6.02. The molecule has 0 spiro atoms. The van der Waals surface area contributed by atoms with Crippen LogP contribution in [-0.2, 0) is 14.8 Å². The first kappa shape index (κ1) is 21.1. The van der Waals surface area contributed by atoms with Gasteiger partial charge in [0.15, 0.2) is 0 Å². The first-order valence-corrected chi connectivity index (χ1v) is 10.6. The Kier molecular flexibility index (Phi) is 6.42. The van der Waals surface area contributed by atoms with Crippen molar-refractivity contribution >= 4 is 27.3 Å². The van der Waals surface area contributed by atoms with E-state index in [1.807, 2.05) is 7.05 Å². The van der Waals surface area contributed by atoms with Crippen molar-refractivity contribution < 1.29 is 18.1 Å². The minimum Gasteiger partial charge on any atom is -0.351 e. The zero-order valence-electron chi connectivity index (χ0n) is 16.0. The summed E-state index contributed by atoms with van der Waals surface area (Å²) in [6, 6.07) is 2.94. The lowest BCUT2D eigenvalue weighted by atomic mass is 10.1. The molecule has 0 aromatic heterocycles. The number of hydrogen-bond acceptors (Lipinski definition) is 6. The van der Waals surface area contributed by atoms with Crippen molar-refractivity contribution in [2.24, 2.45) is 0 Å².